The highest BCUT2D eigenvalue weighted by Gasteiger charge is 2.33. The fraction of sp³-hybridized carbons (Fsp3) is 0.167. The molecule has 3 rings (SSSR count). The lowest BCUT2D eigenvalue weighted by atomic mass is 10.0. The Morgan fingerprint density at radius 1 is 1.21 bits per heavy atom. The van der Waals surface area contributed by atoms with E-state index in [1.165, 1.54) is 18.2 Å². The second-order valence-corrected chi connectivity index (χ2v) is 6.58. The first-order valence-corrected chi connectivity index (χ1v) is 8.39. The molecule has 0 bridgehead atoms. The SMILES string of the molecule is Cc1ccc(Cl)cc1-c1c(C(N)=O)cc(-c2cc(N)ncn2)n1CC(F)(F)F. The molecule has 1 amide bonds. The summed E-state index contributed by atoms with van der Waals surface area (Å²) >= 11 is 6.04. The lowest BCUT2D eigenvalue weighted by molar-refractivity contribution is -0.140. The highest BCUT2D eigenvalue weighted by Crippen LogP contribution is 2.37. The summed E-state index contributed by atoms with van der Waals surface area (Å²) < 4.78 is 41.1. The molecule has 10 heteroatoms. The third-order valence-corrected chi connectivity index (χ3v) is 4.34. The average Bonchev–Trinajstić information content (AvgIpc) is 2.94. The molecule has 146 valence electrons. The molecule has 28 heavy (non-hydrogen) atoms. The molecule has 6 nitrogen and oxygen atoms in total. The summed E-state index contributed by atoms with van der Waals surface area (Å²) in [6, 6.07) is 7.33. The van der Waals surface area contributed by atoms with Gasteiger partial charge in [-0.1, -0.05) is 17.7 Å². The molecule has 3 aromatic rings. The zero-order valence-corrected chi connectivity index (χ0v) is 15.3. The van der Waals surface area contributed by atoms with Gasteiger partial charge in [-0.2, -0.15) is 13.2 Å². The zero-order valence-electron chi connectivity index (χ0n) is 14.6. The number of nitrogen functional groups attached to an aromatic ring is 1. The second kappa shape index (κ2) is 7.16. The molecule has 0 aliphatic carbocycles. The van der Waals surface area contributed by atoms with Gasteiger partial charge in [-0.3, -0.25) is 4.79 Å². The minimum Gasteiger partial charge on any atom is -0.384 e. The smallest absolute Gasteiger partial charge is 0.384 e. The van der Waals surface area contributed by atoms with Crippen LogP contribution < -0.4 is 11.5 Å². The molecule has 0 aliphatic rings. The Labute approximate surface area is 163 Å². The Balaban J connectivity index is 2.39. The van der Waals surface area contributed by atoms with Crippen molar-refractivity contribution in [1.82, 2.24) is 14.5 Å². The van der Waals surface area contributed by atoms with Crippen molar-refractivity contribution in [2.75, 3.05) is 5.73 Å². The maximum Gasteiger partial charge on any atom is 0.406 e. The van der Waals surface area contributed by atoms with Gasteiger partial charge in [-0.15, -0.1) is 0 Å². The van der Waals surface area contributed by atoms with E-state index >= 15 is 0 Å². The molecule has 0 spiro atoms. The molecule has 0 fully saturated rings. The van der Waals surface area contributed by atoms with Crippen molar-refractivity contribution in [3.63, 3.8) is 0 Å². The molecule has 0 saturated heterocycles. The summed E-state index contributed by atoms with van der Waals surface area (Å²) in [5.74, 6) is -0.801. The summed E-state index contributed by atoms with van der Waals surface area (Å²) in [5, 5.41) is 0.309. The Hall–Kier alpha value is -3.07. The van der Waals surface area contributed by atoms with Crippen molar-refractivity contribution >= 4 is 23.3 Å². The molecule has 0 aliphatic heterocycles. The Kier molecular flexibility index (Phi) is 5.03. The maximum absolute atomic E-state index is 13.4. The summed E-state index contributed by atoms with van der Waals surface area (Å²) in [4.78, 5) is 19.8. The van der Waals surface area contributed by atoms with Crippen LogP contribution >= 0.6 is 11.6 Å². The number of carbonyl (C=O) groups excluding carboxylic acids is 1. The first kappa shape index (κ1) is 19.7. The van der Waals surface area contributed by atoms with Gasteiger partial charge in [-0.25, -0.2) is 9.97 Å². The first-order chi connectivity index (χ1) is 13.1. The number of carbonyl (C=O) groups is 1. The quantitative estimate of drug-likeness (QED) is 0.684. The third-order valence-electron chi connectivity index (χ3n) is 4.11. The van der Waals surface area contributed by atoms with Crippen LogP contribution in [-0.4, -0.2) is 26.6 Å². The van der Waals surface area contributed by atoms with Gasteiger partial charge in [0.05, 0.1) is 22.6 Å². The predicted molar refractivity (Wildman–Crippen MR) is 99.6 cm³/mol. The van der Waals surface area contributed by atoms with E-state index in [2.05, 4.69) is 9.97 Å². The average molecular weight is 410 g/mol. The molecule has 0 radical (unpaired) electrons. The van der Waals surface area contributed by atoms with Gasteiger partial charge in [0.25, 0.3) is 5.91 Å². The van der Waals surface area contributed by atoms with Crippen molar-refractivity contribution in [3.8, 4) is 22.6 Å². The van der Waals surface area contributed by atoms with E-state index in [4.69, 9.17) is 23.1 Å². The van der Waals surface area contributed by atoms with Crippen LogP contribution in [0.25, 0.3) is 22.6 Å². The van der Waals surface area contributed by atoms with Crippen LogP contribution in [0.5, 0.6) is 0 Å². The molecule has 0 saturated carbocycles. The number of nitrogens with two attached hydrogens (primary N) is 2. The van der Waals surface area contributed by atoms with E-state index in [1.807, 2.05) is 0 Å². The fourth-order valence-electron chi connectivity index (χ4n) is 2.94. The van der Waals surface area contributed by atoms with E-state index in [9.17, 15) is 18.0 Å². The number of aromatic nitrogens is 3. The number of hydrogen-bond acceptors (Lipinski definition) is 4. The highest BCUT2D eigenvalue weighted by atomic mass is 35.5. The molecule has 4 N–H and O–H groups in total. The maximum atomic E-state index is 13.4. The van der Waals surface area contributed by atoms with Gasteiger partial charge in [0.2, 0.25) is 0 Å². The largest absolute Gasteiger partial charge is 0.406 e. The number of alkyl halides is 3. The summed E-state index contributed by atoms with van der Waals surface area (Å²) in [5.41, 5.74) is 12.2. The van der Waals surface area contributed by atoms with E-state index in [0.717, 1.165) is 10.9 Å². The van der Waals surface area contributed by atoms with Crippen molar-refractivity contribution in [2.24, 2.45) is 5.73 Å². The number of anilines is 1. The van der Waals surface area contributed by atoms with E-state index in [0.29, 0.717) is 16.1 Å². The fourth-order valence-corrected chi connectivity index (χ4v) is 3.12. The topological polar surface area (TPSA) is 99.8 Å². The number of aryl methyl sites for hydroxylation is 1. The molecule has 2 aromatic heterocycles. The van der Waals surface area contributed by atoms with E-state index in [-0.39, 0.29) is 28.5 Å². The molecular weight excluding hydrogens is 395 g/mol. The molecule has 0 atom stereocenters. The standard InChI is InChI=1S/C18H15ClF3N5O/c1-9-2-3-10(19)4-11(9)16-12(17(24)28)5-14(27(16)7-18(20,21)22)13-6-15(23)26-8-25-13/h2-6,8H,7H2,1H3,(H2,24,28)(H2,23,25,26). The second-order valence-electron chi connectivity index (χ2n) is 6.14. The van der Waals surface area contributed by atoms with Crippen LogP contribution in [0.3, 0.4) is 0 Å². The number of benzene rings is 1. The number of nitrogens with zero attached hydrogens (tertiary/aromatic N) is 3. The normalized spacial score (nSPS) is 11.6. The van der Waals surface area contributed by atoms with Gasteiger partial charge in [0.1, 0.15) is 18.7 Å². The van der Waals surface area contributed by atoms with Crippen molar-refractivity contribution in [2.45, 2.75) is 19.6 Å². The number of primary amides is 1. The van der Waals surface area contributed by atoms with Crippen LogP contribution in [-0.2, 0) is 6.54 Å². The van der Waals surface area contributed by atoms with Gasteiger partial charge < -0.3 is 16.0 Å². The molecule has 2 heterocycles. The van der Waals surface area contributed by atoms with Crippen LogP contribution in [0.4, 0.5) is 19.0 Å². The molecule has 1 aromatic carbocycles. The summed E-state index contributed by atoms with van der Waals surface area (Å²) in [6.07, 6.45) is -3.44. The zero-order chi connectivity index (χ0) is 20.6. The Morgan fingerprint density at radius 3 is 2.54 bits per heavy atom. The lowest BCUT2D eigenvalue weighted by Gasteiger charge is -2.17. The summed E-state index contributed by atoms with van der Waals surface area (Å²) in [7, 11) is 0. The number of amides is 1. The summed E-state index contributed by atoms with van der Waals surface area (Å²) in [6.45, 7) is 0.338. The predicted octanol–water partition coefficient (Wildman–Crippen LogP) is 3.82. The first-order valence-electron chi connectivity index (χ1n) is 8.01. The minimum atomic E-state index is -4.57. The van der Waals surface area contributed by atoms with Crippen LogP contribution in [0.15, 0.2) is 36.7 Å². The number of rotatable bonds is 4. The Bertz CT molecular complexity index is 1060. The van der Waals surface area contributed by atoms with Crippen molar-refractivity contribution in [1.29, 1.82) is 0 Å². The van der Waals surface area contributed by atoms with Crippen LogP contribution in [0.2, 0.25) is 5.02 Å². The highest BCUT2D eigenvalue weighted by molar-refractivity contribution is 6.31. The number of hydrogen-bond donors (Lipinski definition) is 2. The van der Waals surface area contributed by atoms with Gasteiger partial charge >= 0.3 is 6.18 Å². The van der Waals surface area contributed by atoms with Crippen molar-refractivity contribution < 1.29 is 18.0 Å². The van der Waals surface area contributed by atoms with Crippen molar-refractivity contribution in [3.05, 3.63) is 52.8 Å². The number of halogens is 4. The monoisotopic (exact) mass is 409 g/mol. The van der Waals surface area contributed by atoms with E-state index in [1.54, 1.807) is 19.1 Å². The van der Waals surface area contributed by atoms with Crippen LogP contribution in [0.1, 0.15) is 15.9 Å². The van der Waals surface area contributed by atoms with E-state index < -0.39 is 18.6 Å². The van der Waals surface area contributed by atoms with Gasteiger partial charge in [0, 0.05) is 16.7 Å². The Morgan fingerprint density at radius 2 is 1.93 bits per heavy atom. The molecule has 0 unspecified atom stereocenters. The van der Waals surface area contributed by atoms with Gasteiger partial charge in [0.15, 0.2) is 0 Å². The lowest BCUT2D eigenvalue weighted by Crippen LogP contribution is -2.20. The van der Waals surface area contributed by atoms with Crippen LogP contribution in [0, 0.1) is 6.92 Å². The third kappa shape index (κ3) is 3.94. The minimum absolute atomic E-state index is 0.0111. The van der Waals surface area contributed by atoms with Gasteiger partial charge in [-0.05, 0) is 30.7 Å². The molecular formula is C18H15ClF3N5O.